The molecule has 214 valence electrons. The highest BCUT2D eigenvalue weighted by molar-refractivity contribution is 5.77. The fourth-order valence-electron chi connectivity index (χ4n) is 4.91. The van der Waals surface area contributed by atoms with E-state index in [1.165, 1.54) is 122 Å². The van der Waals surface area contributed by atoms with Crippen LogP contribution in [0.4, 0.5) is 0 Å². The summed E-state index contributed by atoms with van der Waals surface area (Å²) >= 11 is 0. The molecule has 0 saturated heterocycles. The second kappa shape index (κ2) is 28.5. The number of aliphatic carboxylic acids is 1. The van der Waals surface area contributed by atoms with Gasteiger partial charge in [0.15, 0.2) is 6.10 Å². The third kappa shape index (κ3) is 26.0. The van der Waals surface area contributed by atoms with Crippen molar-refractivity contribution < 1.29 is 19.4 Å². The SMILES string of the molecule is CCCCCCCCCCCCCCCCCC(=O)OC(CCCCCCCCCCCC)C(=O)O. The lowest BCUT2D eigenvalue weighted by atomic mass is 10.0. The molecule has 4 nitrogen and oxygen atoms in total. The van der Waals surface area contributed by atoms with Gasteiger partial charge >= 0.3 is 11.9 Å². The highest BCUT2D eigenvalue weighted by Gasteiger charge is 2.21. The molecule has 0 spiro atoms. The number of rotatable bonds is 29. The number of ether oxygens (including phenoxy) is 1. The van der Waals surface area contributed by atoms with Crippen LogP contribution in [0.3, 0.4) is 0 Å². The Morgan fingerprint density at radius 2 is 0.806 bits per heavy atom. The Hall–Kier alpha value is -1.06. The van der Waals surface area contributed by atoms with Gasteiger partial charge in [-0.2, -0.15) is 0 Å². The average Bonchev–Trinajstić information content (AvgIpc) is 2.86. The summed E-state index contributed by atoms with van der Waals surface area (Å²) in [6.07, 6.45) is 31.3. The lowest BCUT2D eigenvalue weighted by Crippen LogP contribution is -2.27. The zero-order valence-electron chi connectivity index (χ0n) is 24.3. The van der Waals surface area contributed by atoms with Crippen LogP contribution in [0, 0.1) is 0 Å². The maximum absolute atomic E-state index is 12.1. The first-order valence-electron chi connectivity index (χ1n) is 16.0. The van der Waals surface area contributed by atoms with E-state index in [4.69, 9.17) is 4.74 Å². The van der Waals surface area contributed by atoms with E-state index in [-0.39, 0.29) is 5.97 Å². The van der Waals surface area contributed by atoms with Crippen molar-refractivity contribution in [1.29, 1.82) is 0 Å². The largest absolute Gasteiger partial charge is 0.479 e. The van der Waals surface area contributed by atoms with Crippen LogP contribution in [-0.2, 0) is 14.3 Å². The molecule has 1 atom stereocenters. The Kier molecular flexibility index (Phi) is 27.7. The van der Waals surface area contributed by atoms with Gasteiger partial charge in [0, 0.05) is 6.42 Å². The molecule has 1 unspecified atom stereocenters. The van der Waals surface area contributed by atoms with E-state index in [1.807, 2.05) is 0 Å². The van der Waals surface area contributed by atoms with Crippen LogP contribution in [0.1, 0.15) is 187 Å². The van der Waals surface area contributed by atoms with E-state index in [1.54, 1.807) is 0 Å². The average molecular weight is 511 g/mol. The quantitative estimate of drug-likeness (QED) is 0.0802. The van der Waals surface area contributed by atoms with Gasteiger partial charge in [-0.3, -0.25) is 4.79 Å². The van der Waals surface area contributed by atoms with Gasteiger partial charge in [-0.25, -0.2) is 4.79 Å². The maximum Gasteiger partial charge on any atom is 0.345 e. The standard InChI is InChI=1S/C32H62O4/c1-3-5-7-9-11-13-15-16-17-18-19-21-23-25-27-29-31(33)36-30(32(34)35)28-26-24-22-20-14-12-10-8-6-4-2/h30H,3-29H2,1-2H3,(H,34,35). The van der Waals surface area contributed by atoms with E-state index in [0.717, 1.165) is 38.5 Å². The van der Waals surface area contributed by atoms with Crippen LogP contribution in [-0.4, -0.2) is 23.1 Å². The van der Waals surface area contributed by atoms with Crippen LogP contribution >= 0.6 is 0 Å². The first-order chi connectivity index (χ1) is 17.6. The van der Waals surface area contributed by atoms with E-state index in [9.17, 15) is 14.7 Å². The number of hydrogen-bond donors (Lipinski definition) is 1. The van der Waals surface area contributed by atoms with Crippen molar-refractivity contribution in [3.8, 4) is 0 Å². The second-order valence-electron chi connectivity index (χ2n) is 11.0. The fraction of sp³-hybridized carbons (Fsp3) is 0.938. The molecule has 0 aliphatic heterocycles. The number of carbonyl (C=O) groups excluding carboxylic acids is 1. The molecule has 0 heterocycles. The molecular formula is C32H62O4. The molecule has 0 radical (unpaired) electrons. The molecule has 0 aliphatic rings. The smallest absolute Gasteiger partial charge is 0.345 e. The molecule has 0 saturated carbocycles. The summed E-state index contributed by atoms with van der Waals surface area (Å²) in [5.41, 5.74) is 0. The summed E-state index contributed by atoms with van der Waals surface area (Å²) in [4.78, 5) is 23.6. The Morgan fingerprint density at radius 3 is 1.14 bits per heavy atom. The van der Waals surface area contributed by atoms with Gasteiger partial charge in [0.2, 0.25) is 0 Å². The second-order valence-corrected chi connectivity index (χ2v) is 11.0. The zero-order chi connectivity index (χ0) is 26.5. The predicted octanol–water partition coefficient (Wildman–Crippen LogP) is 10.6. The van der Waals surface area contributed by atoms with Gasteiger partial charge < -0.3 is 9.84 Å². The van der Waals surface area contributed by atoms with Crippen LogP contribution in [0.2, 0.25) is 0 Å². The van der Waals surface area contributed by atoms with Crippen molar-refractivity contribution in [2.24, 2.45) is 0 Å². The van der Waals surface area contributed by atoms with Gasteiger partial charge in [0.05, 0.1) is 0 Å². The first kappa shape index (κ1) is 34.9. The van der Waals surface area contributed by atoms with Gasteiger partial charge in [0.1, 0.15) is 0 Å². The minimum Gasteiger partial charge on any atom is -0.479 e. The summed E-state index contributed by atoms with van der Waals surface area (Å²) in [7, 11) is 0. The molecule has 0 fully saturated rings. The summed E-state index contributed by atoms with van der Waals surface area (Å²) in [5.74, 6) is -1.35. The van der Waals surface area contributed by atoms with Crippen LogP contribution < -0.4 is 0 Å². The molecule has 36 heavy (non-hydrogen) atoms. The molecule has 0 amide bonds. The monoisotopic (exact) mass is 510 g/mol. The van der Waals surface area contributed by atoms with Crippen LogP contribution in [0.25, 0.3) is 0 Å². The molecule has 0 bridgehead atoms. The number of carbonyl (C=O) groups is 2. The van der Waals surface area contributed by atoms with Gasteiger partial charge in [-0.15, -0.1) is 0 Å². The maximum atomic E-state index is 12.1. The third-order valence-corrected chi connectivity index (χ3v) is 7.35. The zero-order valence-corrected chi connectivity index (χ0v) is 24.3. The van der Waals surface area contributed by atoms with E-state index in [0.29, 0.717) is 12.8 Å². The lowest BCUT2D eigenvalue weighted by molar-refractivity contribution is -0.164. The van der Waals surface area contributed by atoms with Crippen molar-refractivity contribution >= 4 is 11.9 Å². The Morgan fingerprint density at radius 1 is 0.500 bits per heavy atom. The number of carboxylic acid groups (broad SMARTS) is 1. The lowest BCUT2D eigenvalue weighted by Gasteiger charge is -2.13. The van der Waals surface area contributed by atoms with Crippen molar-refractivity contribution in [1.82, 2.24) is 0 Å². The van der Waals surface area contributed by atoms with E-state index in [2.05, 4.69) is 13.8 Å². The molecule has 0 aromatic carbocycles. The fourth-order valence-corrected chi connectivity index (χ4v) is 4.91. The highest BCUT2D eigenvalue weighted by atomic mass is 16.6. The minimum absolute atomic E-state index is 0.343. The Bertz CT molecular complexity index is 477. The first-order valence-corrected chi connectivity index (χ1v) is 16.0. The number of hydrogen-bond acceptors (Lipinski definition) is 3. The van der Waals surface area contributed by atoms with Crippen molar-refractivity contribution in [3.63, 3.8) is 0 Å². The third-order valence-electron chi connectivity index (χ3n) is 7.35. The number of esters is 1. The summed E-state index contributed by atoms with van der Waals surface area (Å²) < 4.78 is 5.28. The molecule has 0 aliphatic carbocycles. The van der Waals surface area contributed by atoms with Crippen LogP contribution in [0.15, 0.2) is 0 Å². The highest BCUT2D eigenvalue weighted by Crippen LogP contribution is 2.16. The van der Waals surface area contributed by atoms with Crippen molar-refractivity contribution in [2.75, 3.05) is 0 Å². The topological polar surface area (TPSA) is 63.6 Å². The molecule has 4 heteroatoms. The molecule has 0 aromatic heterocycles. The van der Waals surface area contributed by atoms with Gasteiger partial charge in [-0.05, 0) is 19.3 Å². The number of unbranched alkanes of at least 4 members (excludes halogenated alkanes) is 23. The van der Waals surface area contributed by atoms with Gasteiger partial charge in [0.25, 0.3) is 0 Å². The van der Waals surface area contributed by atoms with Crippen LogP contribution in [0.5, 0.6) is 0 Å². The number of carboxylic acids is 1. The minimum atomic E-state index is -1.00. The molecule has 0 aromatic rings. The van der Waals surface area contributed by atoms with E-state index >= 15 is 0 Å². The van der Waals surface area contributed by atoms with Crippen molar-refractivity contribution in [2.45, 2.75) is 193 Å². The Labute approximate surface area is 224 Å². The van der Waals surface area contributed by atoms with Crippen molar-refractivity contribution in [3.05, 3.63) is 0 Å². The van der Waals surface area contributed by atoms with Gasteiger partial charge in [-0.1, -0.05) is 162 Å². The Balaban J connectivity index is 3.53. The molecule has 1 N–H and O–H groups in total. The predicted molar refractivity (Wildman–Crippen MR) is 154 cm³/mol. The summed E-state index contributed by atoms with van der Waals surface area (Å²) in [6, 6.07) is 0. The van der Waals surface area contributed by atoms with E-state index < -0.39 is 12.1 Å². The molecule has 0 rings (SSSR count). The molecular weight excluding hydrogens is 448 g/mol. The summed E-state index contributed by atoms with van der Waals surface area (Å²) in [5, 5.41) is 9.39. The summed E-state index contributed by atoms with van der Waals surface area (Å²) in [6.45, 7) is 4.51. The normalized spacial score (nSPS) is 12.1.